The van der Waals surface area contributed by atoms with Crippen LogP contribution in [0.3, 0.4) is 0 Å². The van der Waals surface area contributed by atoms with Gasteiger partial charge in [-0.2, -0.15) is 0 Å². The summed E-state index contributed by atoms with van der Waals surface area (Å²) in [6, 6.07) is 0.946. The highest BCUT2D eigenvalue weighted by molar-refractivity contribution is 5.14. The molecule has 0 radical (unpaired) electrons. The Labute approximate surface area is 86.4 Å². The molecule has 0 saturated heterocycles. The van der Waals surface area contributed by atoms with Crippen LogP contribution in [-0.2, 0) is 0 Å². The van der Waals surface area contributed by atoms with Crippen molar-refractivity contribution >= 4 is 0 Å². The second kappa shape index (κ2) is 2.73. The Morgan fingerprint density at radius 3 is 1.43 bits per heavy atom. The minimum Gasteiger partial charge on any atom is -0.328 e. The van der Waals surface area contributed by atoms with E-state index in [9.17, 15) is 0 Å². The van der Waals surface area contributed by atoms with E-state index >= 15 is 0 Å². The summed E-state index contributed by atoms with van der Waals surface area (Å²) >= 11 is 0. The van der Waals surface area contributed by atoms with Gasteiger partial charge >= 0.3 is 0 Å². The number of nitrogens with two attached hydrogens (primary N) is 2. The van der Waals surface area contributed by atoms with E-state index in [2.05, 4.69) is 0 Å². The third-order valence-corrected chi connectivity index (χ3v) is 5.30. The van der Waals surface area contributed by atoms with Crippen LogP contribution in [0.5, 0.6) is 0 Å². The van der Waals surface area contributed by atoms with Gasteiger partial charge in [-0.05, 0) is 49.4 Å². The van der Waals surface area contributed by atoms with E-state index in [1.807, 2.05) is 0 Å². The van der Waals surface area contributed by atoms with Gasteiger partial charge in [-0.1, -0.05) is 12.8 Å². The van der Waals surface area contributed by atoms with Crippen molar-refractivity contribution in [1.82, 2.24) is 0 Å². The lowest BCUT2D eigenvalue weighted by Crippen LogP contribution is -2.35. The minimum absolute atomic E-state index is 0.473. The van der Waals surface area contributed by atoms with Gasteiger partial charge in [0, 0.05) is 12.1 Å². The van der Waals surface area contributed by atoms with Gasteiger partial charge in [0.05, 0.1) is 0 Å². The molecule has 3 aliphatic rings. The van der Waals surface area contributed by atoms with Crippen molar-refractivity contribution in [2.24, 2.45) is 22.3 Å². The molecule has 2 heteroatoms. The highest BCUT2D eigenvalue weighted by Crippen LogP contribution is 2.68. The normalized spacial score (nSPS) is 57.0. The van der Waals surface area contributed by atoms with Crippen LogP contribution < -0.4 is 11.5 Å². The molecule has 0 heterocycles. The Kier molecular flexibility index (Phi) is 1.79. The summed E-state index contributed by atoms with van der Waals surface area (Å²) in [5.74, 6) is 0. The standard InChI is InChI=1S/C12H22N2/c13-9-5-11-3-1-2-4-12(11,7-9)8-10(14)6-11/h9-10H,1-8,13-14H2. The zero-order valence-corrected chi connectivity index (χ0v) is 8.97. The zero-order chi connectivity index (χ0) is 9.81. The SMILES string of the molecule is NC1CC23CCCCC2(C1)CC(N)C3. The lowest BCUT2D eigenvalue weighted by molar-refractivity contribution is 0.0520. The Bertz CT molecular complexity index is 211. The van der Waals surface area contributed by atoms with Crippen molar-refractivity contribution in [3.8, 4) is 0 Å². The van der Waals surface area contributed by atoms with Crippen molar-refractivity contribution in [2.45, 2.75) is 63.5 Å². The molecule has 0 aromatic heterocycles. The van der Waals surface area contributed by atoms with Gasteiger partial charge in [0.2, 0.25) is 0 Å². The third-order valence-electron chi connectivity index (χ3n) is 5.30. The highest BCUT2D eigenvalue weighted by atomic mass is 14.8. The summed E-state index contributed by atoms with van der Waals surface area (Å²) in [5.41, 5.74) is 13.5. The minimum atomic E-state index is 0.473. The van der Waals surface area contributed by atoms with Gasteiger partial charge in [0.15, 0.2) is 0 Å². The first-order chi connectivity index (χ1) is 6.66. The van der Waals surface area contributed by atoms with Gasteiger partial charge in [0.1, 0.15) is 0 Å². The summed E-state index contributed by atoms with van der Waals surface area (Å²) in [6.07, 6.45) is 10.7. The smallest absolute Gasteiger partial charge is 0.00498 e. The topological polar surface area (TPSA) is 52.0 Å². The average molecular weight is 194 g/mol. The molecular weight excluding hydrogens is 172 g/mol. The maximum atomic E-state index is 6.18. The predicted octanol–water partition coefficient (Wildman–Crippen LogP) is 1.78. The van der Waals surface area contributed by atoms with E-state index < -0.39 is 0 Å². The summed E-state index contributed by atoms with van der Waals surface area (Å²) < 4.78 is 0. The number of hydrogen-bond donors (Lipinski definition) is 2. The maximum Gasteiger partial charge on any atom is 0.00498 e. The van der Waals surface area contributed by atoms with Crippen molar-refractivity contribution < 1.29 is 0 Å². The number of rotatable bonds is 0. The van der Waals surface area contributed by atoms with Gasteiger partial charge in [-0.25, -0.2) is 0 Å². The molecular formula is C12H22N2. The molecule has 0 aromatic rings. The molecule has 4 N–H and O–H groups in total. The first-order valence-corrected chi connectivity index (χ1v) is 6.17. The average Bonchev–Trinajstić information content (AvgIpc) is 2.49. The second-order valence-corrected chi connectivity index (χ2v) is 6.10. The lowest BCUT2D eigenvalue weighted by atomic mass is 9.60. The van der Waals surface area contributed by atoms with Gasteiger partial charge < -0.3 is 11.5 Å². The molecule has 80 valence electrons. The molecule has 0 aliphatic heterocycles. The summed E-state index contributed by atoms with van der Waals surface area (Å²) in [7, 11) is 0. The van der Waals surface area contributed by atoms with E-state index in [-0.39, 0.29) is 0 Å². The van der Waals surface area contributed by atoms with E-state index in [0.29, 0.717) is 22.9 Å². The quantitative estimate of drug-likeness (QED) is 0.617. The van der Waals surface area contributed by atoms with Crippen molar-refractivity contribution in [3.05, 3.63) is 0 Å². The van der Waals surface area contributed by atoms with E-state index in [0.717, 1.165) is 0 Å². The predicted molar refractivity (Wildman–Crippen MR) is 57.8 cm³/mol. The molecule has 0 atom stereocenters. The van der Waals surface area contributed by atoms with Crippen LogP contribution in [0.15, 0.2) is 0 Å². The Morgan fingerprint density at radius 2 is 1.07 bits per heavy atom. The lowest BCUT2D eigenvalue weighted by Gasteiger charge is -2.44. The molecule has 0 unspecified atom stereocenters. The highest BCUT2D eigenvalue weighted by Gasteiger charge is 2.61. The number of hydrogen-bond acceptors (Lipinski definition) is 2. The molecule has 3 aliphatic carbocycles. The van der Waals surface area contributed by atoms with Crippen LogP contribution in [0.4, 0.5) is 0 Å². The molecule has 2 nitrogen and oxygen atoms in total. The Hall–Kier alpha value is -0.0800. The van der Waals surface area contributed by atoms with Crippen molar-refractivity contribution in [3.63, 3.8) is 0 Å². The Balaban J connectivity index is 1.98. The molecule has 0 bridgehead atoms. The first-order valence-electron chi connectivity index (χ1n) is 6.17. The van der Waals surface area contributed by atoms with Crippen LogP contribution >= 0.6 is 0 Å². The van der Waals surface area contributed by atoms with E-state index in [4.69, 9.17) is 11.5 Å². The molecule has 0 spiro atoms. The first kappa shape index (κ1) is 9.17. The molecule has 0 amide bonds. The van der Waals surface area contributed by atoms with E-state index in [1.54, 1.807) is 0 Å². The summed E-state index contributed by atoms with van der Waals surface area (Å²) in [4.78, 5) is 0. The molecule has 14 heavy (non-hydrogen) atoms. The van der Waals surface area contributed by atoms with Gasteiger partial charge in [-0.3, -0.25) is 0 Å². The summed E-state index contributed by atoms with van der Waals surface area (Å²) in [6.45, 7) is 0. The molecule has 0 aromatic carbocycles. The van der Waals surface area contributed by atoms with Crippen LogP contribution in [0.25, 0.3) is 0 Å². The monoisotopic (exact) mass is 194 g/mol. The zero-order valence-electron chi connectivity index (χ0n) is 8.97. The maximum absolute atomic E-state index is 6.18. The fourth-order valence-electron chi connectivity index (χ4n) is 5.05. The summed E-state index contributed by atoms with van der Waals surface area (Å²) in [5, 5.41) is 0. The third kappa shape index (κ3) is 0.989. The van der Waals surface area contributed by atoms with Gasteiger partial charge in [-0.15, -0.1) is 0 Å². The van der Waals surface area contributed by atoms with Crippen LogP contribution in [-0.4, -0.2) is 12.1 Å². The van der Waals surface area contributed by atoms with Crippen molar-refractivity contribution in [1.29, 1.82) is 0 Å². The fourth-order valence-corrected chi connectivity index (χ4v) is 5.05. The molecule has 3 fully saturated rings. The molecule has 3 rings (SSSR count). The fraction of sp³-hybridized carbons (Fsp3) is 1.00. The second-order valence-electron chi connectivity index (χ2n) is 6.10. The Morgan fingerprint density at radius 1 is 0.714 bits per heavy atom. The molecule has 3 saturated carbocycles. The largest absolute Gasteiger partial charge is 0.328 e. The van der Waals surface area contributed by atoms with E-state index in [1.165, 1.54) is 51.4 Å². The van der Waals surface area contributed by atoms with Gasteiger partial charge in [0.25, 0.3) is 0 Å². The van der Waals surface area contributed by atoms with Crippen LogP contribution in [0, 0.1) is 10.8 Å². The van der Waals surface area contributed by atoms with Crippen molar-refractivity contribution in [2.75, 3.05) is 0 Å². The van der Waals surface area contributed by atoms with Crippen LogP contribution in [0.2, 0.25) is 0 Å². The van der Waals surface area contributed by atoms with Crippen LogP contribution in [0.1, 0.15) is 51.4 Å².